The van der Waals surface area contributed by atoms with Gasteiger partial charge in [0, 0.05) is 23.7 Å². The zero-order valence-electron chi connectivity index (χ0n) is 14.7. The molecule has 134 valence electrons. The van der Waals surface area contributed by atoms with E-state index in [9.17, 15) is 14.4 Å². The molecule has 0 aromatic heterocycles. The minimum absolute atomic E-state index is 0.000154. The molecule has 1 aliphatic heterocycles. The highest BCUT2D eigenvalue weighted by atomic mass is 16.5. The molecule has 3 rings (SSSR count). The van der Waals surface area contributed by atoms with Gasteiger partial charge in [0.05, 0.1) is 6.54 Å². The molecule has 0 saturated heterocycles. The van der Waals surface area contributed by atoms with Gasteiger partial charge in [0.25, 0.3) is 5.91 Å². The molecular weight excluding hydrogens is 332 g/mol. The number of nitrogens with one attached hydrogen (secondary N) is 1. The summed E-state index contributed by atoms with van der Waals surface area (Å²) in [6.07, 6.45) is 0. The molecule has 6 heteroatoms. The van der Waals surface area contributed by atoms with Crippen LogP contribution in [0.5, 0.6) is 5.75 Å². The Balaban J connectivity index is 1.67. The Kier molecular flexibility index (Phi) is 5.02. The van der Waals surface area contributed by atoms with Crippen molar-refractivity contribution in [1.82, 2.24) is 5.32 Å². The van der Waals surface area contributed by atoms with Gasteiger partial charge in [0.1, 0.15) is 18.4 Å². The van der Waals surface area contributed by atoms with E-state index in [0.29, 0.717) is 24.5 Å². The third-order valence-corrected chi connectivity index (χ3v) is 4.24. The Morgan fingerprint density at radius 3 is 2.42 bits per heavy atom. The van der Waals surface area contributed by atoms with Gasteiger partial charge in [-0.1, -0.05) is 18.2 Å². The van der Waals surface area contributed by atoms with E-state index in [1.807, 2.05) is 24.3 Å². The number of rotatable bonds is 6. The molecule has 1 N–H and O–H groups in total. The molecule has 2 amide bonds. The van der Waals surface area contributed by atoms with E-state index in [1.165, 1.54) is 13.8 Å². The molecule has 6 nitrogen and oxygen atoms in total. The van der Waals surface area contributed by atoms with Crippen molar-refractivity contribution in [1.29, 1.82) is 0 Å². The van der Waals surface area contributed by atoms with Gasteiger partial charge in [-0.15, -0.1) is 0 Å². The fourth-order valence-corrected chi connectivity index (χ4v) is 3.00. The van der Waals surface area contributed by atoms with Gasteiger partial charge < -0.3 is 15.0 Å². The first-order valence-electron chi connectivity index (χ1n) is 8.38. The maximum absolute atomic E-state index is 12.7. The van der Waals surface area contributed by atoms with Gasteiger partial charge in [-0.3, -0.25) is 14.4 Å². The lowest BCUT2D eigenvalue weighted by atomic mass is 10.1. The molecule has 0 fully saturated rings. The average Bonchev–Trinajstić information content (AvgIpc) is 2.87. The molecule has 1 aliphatic rings. The van der Waals surface area contributed by atoms with Crippen molar-refractivity contribution in [2.75, 3.05) is 18.1 Å². The van der Waals surface area contributed by atoms with Gasteiger partial charge in [-0.25, -0.2) is 0 Å². The number of carbonyl (C=O) groups excluding carboxylic acids is 3. The van der Waals surface area contributed by atoms with Gasteiger partial charge in [-0.2, -0.15) is 0 Å². The molecule has 26 heavy (non-hydrogen) atoms. The first-order chi connectivity index (χ1) is 12.5. The predicted molar refractivity (Wildman–Crippen MR) is 97.3 cm³/mol. The zero-order valence-corrected chi connectivity index (χ0v) is 14.7. The minimum Gasteiger partial charge on any atom is -0.492 e. The first-order valence-corrected chi connectivity index (χ1v) is 8.38. The summed E-state index contributed by atoms with van der Waals surface area (Å²) < 4.78 is 5.69. The Morgan fingerprint density at radius 2 is 1.77 bits per heavy atom. The fraction of sp³-hybridized carbons (Fsp3) is 0.250. The lowest BCUT2D eigenvalue weighted by Gasteiger charge is -2.18. The summed E-state index contributed by atoms with van der Waals surface area (Å²) in [6, 6.07) is 13.6. The topological polar surface area (TPSA) is 75.7 Å². The highest BCUT2D eigenvalue weighted by Crippen LogP contribution is 2.35. The number of ketones is 1. The Bertz CT molecular complexity index is 845. The quantitative estimate of drug-likeness (QED) is 0.811. The van der Waals surface area contributed by atoms with Gasteiger partial charge in [0.15, 0.2) is 5.78 Å². The van der Waals surface area contributed by atoms with E-state index in [0.717, 1.165) is 11.3 Å². The highest BCUT2D eigenvalue weighted by molar-refractivity contribution is 6.06. The maximum Gasteiger partial charge on any atom is 0.254 e. The number of nitrogens with zero attached hydrogens (tertiary/aromatic N) is 1. The summed E-state index contributed by atoms with van der Waals surface area (Å²) in [5.41, 5.74) is 2.20. The number of benzene rings is 2. The smallest absolute Gasteiger partial charge is 0.254 e. The molecule has 0 aliphatic carbocycles. The number of hydrogen-bond donors (Lipinski definition) is 1. The van der Waals surface area contributed by atoms with Gasteiger partial charge in [-0.05, 0) is 37.3 Å². The van der Waals surface area contributed by atoms with E-state index in [2.05, 4.69) is 5.32 Å². The number of Topliss-reactive ketones (excluding diaryl/α,β-unsaturated/α-hetero) is 1. The summed E-state index contributed by atoms with van der Waals surface area (Å²) >= 11 is 0. The summed E-state index contributed by atoms with van der Waals surface area (Å²) in [6.45, 7) is 3.57. The molecule has 0 spiro atoms. The number of ether oxygens (including phenoxy) is 1. The average molecular weight is 352 g/mol. The zero-order chi connectivity index (χ0) is 18.7. The van der Waals surface area contributed by atoms with Crippen LogP contribution in [0.3, 0.4) is 0 Å². The lowest BCUT2D eigenvalue weighted by Crippen LogP contribution is -2.38. The van der Waals surface area contributed by atoms with Crippen LogP contribution >= 0.6 is 0 Å². The Morgan fingerprint density at radius 1 is 1.08 bits per heavy atom. The molecule has 1 atom stereocenters. The van der Waals surface area contributed by atoms with Crippen molar-refractivity contribution < 1.29 is 19.1 Å². The van der Waals surface area contributed by atoms with Crippen LogP contribution in [0.25, 0.3) is 0 Å². The summed E-state index contributed by atoms with van der Waals surface area (Å²) in [7, 11) is 0. The van der Waals surface area contributed by atoms with Crippen LogP contribution in [-0.4, -0.2) is 30.7 Å². The third kappa shape index (κ3) is 3.59. The molecule has 0 radical (unpaired) electrons. The van der Waals surface area contributed by atoms with E-state index >= 15 is 0 Å². The van der Waals surface area contributed by atoms with Crippen molar-refractivity contribution in [3.05, 3.63) is 59.7 Å². The van der Waals surface area contributed by atoms with Gasteiger partial charge in [0.2, 0.25) is 5.91 Å². The van der Waals surface area contributed by atoms with Crippen LogP contribution in [0.4, 0.5) is 5.69 Å². The van der Waals surface area contributed by atoms with Crippen LogP contribution in [-0.2, 0) is 9.59 Å². The molecular formula is C20H20N2O4. The van der Waals surface area contributed by atoms with E-state index < -0.39 is 6.04 Å². The fourth-order valence-electron chi connectivity index (χ4n) is 3.00. The first kappa shape index (κ1) is 17.7. The van der Waals surface area contributed by atoms with Crippen molar-refractivity contribution in [2.45, 2.75) is 19.9 Å². The summed E-state index contributed by atoms with van der Waals surface area (Å²) in [5, 5.41) is 2.70. The number of amides is 2. The number of hydrogen-bond acceptors (Lipinski definition) is 4. The van der Waals surface area contributed by atoms with Crippen LogP contribution in [0, 0.1) is 0 Å². The lowest BCUT2D eigenvalue weighted by molar-refractivity contribution is -0.126. The SMILES string of the molecule is CC(=O)NC1C(=O)N(CCOc2ccc(C(C)=O)cc2)c2ccccc21. The van der Waals surface area contributed by atoms with Gasteiger partial charge >= 0.3 is 0 Å². The number of fused-ring (bicyclic) bond motifs is 1. The minimum atomic E-state index is -0.654. The molecule has 2 aromatic carbocycles. The second kappa shape index (κ2) is 7.39. The number of para-hydroxylation sites is 1. The van der Waals surface area contributed by atoms with E-state index in [-0.39, 0.29) is 17.6 Å². The van der Waals surface area contributed by atoms with E-state index in [1.54, 1.807) is 29.2 Å². The van der Waals surface area contributed by atoms with Crippen molar-refractivity contribution >= 4 is 23.3 Å². The van der Waals surface area contributed by atoms with Crippen molar-refractivity contribution in [3.8, 4) is 5.75 Å². The predicted octanol–water partition coefficient (Wildman–Crippen LogP) is 2.49. The standard InChI is InChI=1S/C20H20N2O4/c1-13(23)15-7-9-16(10-8-15)26-12-11-22-18-6-4-3-5-17(18)19(20(22)25)21-14(2)24/h3-10,19H,11-12H2,1-2H3,(H,21,24). The molecule has 2 aromatic rings. The number of anilines is 1. The highest BCUT2D eigenvalue weighted by Gasteiger charge is 2.37. The Labute approximate surface area is 151 Å². The molecule has 0 saturated carbocycles. The monoisotopic (exact) mass is 352 g/mol. The Hall–Kier alpha value is -3.15. The third-order valence-electron chi connectivity index (χ3n) is 4.24. The van der Waals surface area contributed by atoms with Crippen molar-refractivity contribution in [2.24, 2.45) is 0 Å². The largest absolute Gasteiger partial charge is 0.492 e. The normalized spacial score (nSPS) is 15.5. The van der Waals surface area contributed by atoms with Crippen LogP contribution in [0.1, 0.15) is 35.8 Å². The second-order valence-electron chi connectivity index (χ2n) is 6.11. The van der Waals surface area contributed by atoms with E-state index in [4.69, 9.17) is 4.74 Å². The van der Waals surface area contributed by atoms with Crippen molar-refractivity contribution in [3.63, 3.8) is 0 Å². The maximum atomic E-state index is 12.7. The van der Waals surface area contributed by atoms with Crippen LogP contribution < -0.4 is 15.0 Å². The molecule has 0 bridgehead atoms. The number of carbonyl (C=O) groups is 3. The van der Waals surface area contributed by atoms with Crippen LogP contribution in [0.2, 0.25) is 0 Å². The second-order valence-corrected chi connectivity index (χ2v) is 6.11. The summed E-state index contributed by atoms with van der Waals surface area (Å²) in [5.74, 6) is 0.215. The molecule has 1 heterocycles. The molecule has 1 unspecified atom stereocenters. The van der Waals surface area contributed by atoms with Crippen LogP contribution in [0.15, 0.2) is 48.5 Å². The summed E-state index contributed by atoms with van der Waals surface area (Å²) in [4.78, 5) is 37.0.